The third-order valence-electron chi connectivity index (χ3n) is 3.78. The molecule has 6 nitrogen and oxygen atoms in total. The van der Waals surface area contributed by atoms with E-state index >= 15 is 0 Å². The Hall–Kier alpha value is -2.29. The third-order valence-corrected chi connectivity index (χ3v) is 5.44. The van der Waals surface area contributed by atoms with Crippen molar-refractivity contribution in [1.82, 2.24) is 24.5 Å². The Kier molecular flexibility index (Phi) is 4.48. The molecule has 0 saturated heterocycles. The highest BCUT2D eigenvalue weighted by atomic mass is 32.2. The lowest BCUT2D eigenvalue weighted by Gasteiger charge is -2.06. The lowest BCUT2D eigenvalue weighted by atomic mass is 10.1. The lowest BCUT2D eigenvalue weighted by molar-refractivity contribution is 0.276. The average molecular weight is 369 g/mol. The first-order chi connectivity index (χ1) is 12.3. The number of rotatable bonds is 5. The fraction of sp³-hybridized carbons (Fsp3) is 0.176. The molecule has 0 spiro atoms. The van der Waals surface area contributed by atoms with Crippen molar-refractivity contribution < 1.29 is 5.11 Å². The topological polar surface area (TPSA) is 76.7 Å². The van der Waals surface area contributed by atoms with Gasteiger partial charge in [-0.2, -0.15) is 0 Å². The van der Waals surface area contributed by atoms with Crippen molar-refractivity contribution in [3.05, 3.63) is 43.0 Å². The minimum Gasteiger partial charge on any atom is -0.395 e. The Balaban J connectivity index is 1.93. The molecule has 0 atom stereocenters. The van der Waals surface area contributed by atoms with Gasteiger partial charge in [-0.25, -0.2) is 19.9 Å². The maximum atomic E-state index is 9.40. The van der Waals surface area contributed by atoms with Crippen LogP contribution in [0, 0.1) is 0 Å². The Morgan fingerprint density at radius 2 is 2.00 bits per heavy atom. The first-order valence-electron chi connectivity index (χ1n) is 7.69. The first-order valence-corrected chi connectivity index (χ1v) is 9.73. The Labute approximate surface area is 152 Å². The molecule has 0 radical (unpaired) electrons. The van der Waals surface area contributed by atoms with Gasteiger partial charge in [-0.05, 0) is 6.26 Å². The second-order valence-corrected chi connectivity index (χ2v) is 7.05. The van der Waals surface area contributed by atoms with Gasteiger partial charge in [-0.1, -0.05) is 41.7 Å². The smallest absolute Gasteiger partial charge is 0.148 e. The van der Waals surface area contributed by atoms with Crippen LogP contribution in [0.1, 0.15) is 0 Å². The fourth-order valence-corrected chi connectivity index (χ4v) is 4.20. The molecule has 1 aromatic carbocycles. The van der Waals surface area contributed by atoms with E-state index in [4.69, 9.17) is 4.98 Å². The maximum Gasteiger partial charge on any atom is 0.148 e. The van der Waals surface area contributed by atoms with Gasteiger partial charge in [0, 0.05) is 12.1 Å². The monoisotopic (exact) mass is 369 g/mol. The number of aliphatic hydroxyl groups is 1. The number of hydrogen-bond acceptors (Lipinski definition) is 7. The summed E-state index contributed by atoms with van der Waals surface area (Å²) in [6.07, 6.45) is 5.30. The van der Waals surface area contributed by atoms with Crippen LogP contribution in [-0.4, -0.2) is 42.5 Å². The summed E-state index contributed by atoms with van der Waals surface area (Å²) < 4.78 is 1.94. The number of aromatic nitrogens is 5. The van der Waals surface area contributed by atoms with Crippen molar-refractivity contribution in [2.24, 2.45) is 0 Å². The number of aliphatic hydroxyl groups excluding tert-OH is 1. The standard InChI is InChI=1S/C17H15N5OS2/c1-24-15-13-16(19-9-18-15)25-17(21-13)14-12(11-5-3-2-4-6-11)20-10-22(14)7-8-23/h2-6,9-10,23H,7-8H2,1H3. The largest absolute Gasteiger partial charge is 0.395 e. The van der Waals surface area contributed by atoms with Crippen LogP contribution < -0.4 is 0 Å². The molecule has 0 unspecified atom stereocenters. The summed E-state index contributed by atoms with van der Waals surface area (Å²) in [6, 6.07) is 10.00. The summed E-state index contributed by atoms with van der Waals surface area (Å²) in [5.41, 5.74) is 3.58. The predicted octanol–water partition coefficient (Wildman–Crippen LogP) is 3.33. The summed E-state index contributed by atoms with van der Waals surface area (Å²) in [6.45, 7) is 0.504. The molecule has 3 heterocycles. The average Bonchev–Trinajstić information content (AvgIpc) is 3.26. The van der Waals surface area contributed by atoms with Gasteiger partial charge in [0.15, 0.2) is 0 Å². The molecule has 1 N–H and O–H groups in total. The van der Waals surface area contributed by atoms with E-state index in [-0.39, 0.29) is 6.61 Å². The maximum absolute atomic E-state index is 9.40. The van der Waals surface area contributed by atoms with Crippen LogP contribution in [0.3, 0.4) is 0 Å². The van der Waals surface area contributed by atoms with E-state index in [9.17, 15) is 5.11 Å². The molecule has 0 fully saturated rings. The molecule has 4 aromatic rings. The second-order valence-electron chi connectivity index (χ2n) is 5.28. The number of thiazole rings is 1. The molecular weight excluding hydrogens is 354 g/mol. The van der Waals surface area contributed by atoms with Crippen LogP contribution in [0.25, 0.3) is 32.3 Å². The fourth-order valence-electron chi connectivity index (χ4n) is 2.68. The first kappa shape index (κ1) is 16.2. The minimum absolute atomic E-state index is 0.0400. The molecule has 3 aromatic heterocycles. The molecule has 0 aliphatic rings. The van der Waals surface area contributed by atoms with Crippen molar-refractivity contribution in [2.45, 2.75) is 11.6 Å². The zero-order valence-corrected chi connectivity index (χ0v) is 15.1. The molecule has 0 aliphatic carbocycles. The van der Waals surface area contributed by atoms with Gasteiger partial charge in [0.2, 0.25) is 0 Å². The van der Waals surface area contributed by atoms with E-state index in [1.165, 1.54) is 11.3 Å². The quantitative estimate of drug-likeness (QED) is 0.429. The van der Waals surface area contributed by atoms with Gasteiger partial charge in [0.1, 0.15) is 32.4 Å². The van der Waals surface area contributed by atoms with Gasteiger partial charge >= 0.3 is 0 Å². The van der Waals surface area contributed by atoms with Gasteiger partial charge in [-0.15, -0.1) is 11.8 Å². The SMILES string of the molecule is CSc1ncnc2sc(-c3c(-c4ccccc4)ncn3CCO)nc12. The molecule has 0 bridgehead atoms. The van der Waals surface area contributed by atoms with Crippen LogP contribution in [0.15, 0.2) is 48.0 Å². The number of thioether (sulfide) groups is 1. The zero-order chi connectivity index (χ0) is 17.2. The number of hydrogen-bond donors (Lipinski definition) is 1. The minimum atomic E-state index is 0.0400. The number of benzene rings is 1. The van der Waals surface area contributed by atoms with Crippen molar-refractivity contribution in [2.75, 3.05) is 12.9 Å². The van der Waals surface area contributed by atoms with E-state index < -0.39 is 0 Å². The highest BCUT2D eigenvalue weighted by Gasteiger charge is 2.20. The van der Waals surface area contributed by atoms with Crippen LogP contribution >= 0.6 is 23.1 Å². The van der Waals surface area contributed by atoms with E-state index in [1.54, 1.807) is 24.4 Å². The second kappa shape index (κ2) is 6.91. The molecule has 8 heteroatoms. The van der Waals surface area contributed by atoms with E-state index in [2.05, 4.69) is 15.0 Å². The molecule has 4 rings (SSSR count). The summed E-state index contributed by atoms with van der Waals surface area (Å²) >= 11 is 3.07. The summed E-state index contributed by atoms with van der Waals surface area (Å²) in [5.74, 6) is 0. The van der Waals surface area contributed by atoms with Gasteiger partial charge in [-0.3, -0.25) is 0 Å². The third kappa shape index (κ3) is 2.92. The van der Waals surface area contributed by atoms with Crippen LogP contribution in [0.2, 0.25) is 0 Å². The summed E-state index contributed by atoms with van der Waals surface area (Å²) in [4.78, 5) is 18.9. The number of imidazole rings is 1. The summed E-state index contributed by atoms with van der Waals surface area (Å²) in [7, 11) is 0. The number of nitrogens with zero attached hydrogens (tertiary/aromatic N) is 5. The van der Waals surface area contributed by atoms with E-state index in [1.807, 2.05) is 41.2 Å². The molecule has 0 saturated carbocycles. The number of fused-ring (bicyclic) bond motifs is 1. The molecular formula is C17H15N5OS2. The van der Waals surface area contributed by atoms with Gasteiger partial charge < -0.3 is 9.67 Å². The van der Waals surface area contributed by atoms with Crippen molar-refractivity contribution in [1.29, 1.82) is 0 Å². The predicted molar refractivity (Wildman–Crippen MR) is 101 cm³/mol. The molecule has 0 aliphatic heterocycles. The molecule has 0 amide bonds. The van der Waals surface area contributed by atoms with E-state index in [0.717, 1.165) is 37.3 Å². The van der Waals surface area contributed by atoms with Crippen molar-refractivity contribution in [3.63, 3.8) is 0 Å². The molecule has 25 heavy (non-hydrogen) atoms. The Morgan fingerprint density at radius 1 is 1.16 bits per heavy atom. The van der Waals surface area contributed by atoms with Crippen LogP contribution in [0.4, 0.5) is 0 Å². The summed E-state index contributed by atoms with van der Waals surface area (Å²) in [5, 5.41) is 11.1. The van der Waals surface area contributed by atoms with Gasteiger partial charge in [0.25, 0.3) is 0 Å². The highest BCUT2D eigenvalue weighted by Crippen LogP contribution is 2.37. The zero-order valence-electron chi connectivity index (χ0n) is 13.5. The van der Waals surface area contributed by atoms with Crippen LogP contribution in [-0.2, 0) is 6.54 Å². The normalized spacial score (nSPS) is 11.3. The van der Waals surface area contributed by atoms with E-state index in [0.29, 0.717) is 6.54 Å². The van der Waals surface area contributed by atoms with Crippen molar-refractivity contribution >= 4 is 33.4 Å². The van der Waals surface area contributed by atoms with Crippen molar-refractivity contribution in [3.8, 4) is 22.0 Å². The lowest BCUT2D eigenvalue weighted by Crippen LogP contribution is -2.02. The Bertz CT molecular complexity index is 1010. The van der Waals surface area contributed by atoms with Crippen LogP contribution in [0.5, 0.6) is 0 Å². The molecule has 126 valence electrons. The Morgan fingerprint density at radius 3 is 2.76 bits per heavy atom. The van der Waals surface area contributed by atoms with Gasteiger partial charge in [0.05, 0.1) is 18.6 Å². The highest BCUT2D eigenvalue weighted by molar-refractivity contribution is 7.98.